The number of nitrogens with zero attached hydrogens (tertiary/aromatic N) is 4. The fourth-order valence-corrected chi connectivity index (χ4v) is 13.1. The van der Waals surface area contributed by atoms with Crippen molar-refractivity contribution >= 4 is 50.6 Å². The maximum absolute atomic E-state index is 5.27. The molecule has 0 unspecified atom stereocenters. The molecule has 0 aliphatic carbocycles. The molecule has 56 heavy (non-hydrogen) atoms. The van der Waals surface area contributed by atoms with Gasteiger partial charge >= 0.3 is 0 Å². The first kappa shape index (κ1) is 33.4. The van der Waals surface area contributed by atoms with E-state index in [4.69, 9.17) is 15.0 Å². The van der Waals surface area contributed by atoms with E-state index in [1.807, 2.05) is 18.2 Å². The van der Waals surface area contributed by atoms with Crippen LogP contribution in [-0.4, -0.2) is 27.6 Å². The lowest BCUT2D eigenvalue weighted by atomic mass is 10.1. The minimum absolute atomic E-state index is 0.625. The molecule has 0 amide bonds. The molecular weight excluding hydrogens is 697 g/mol. The first-order chi connectivity index (χ1) is 27.8. The van der Waals surface area contributed by atoms with Gasteiger partial charge in [0.25, 0.3) is 0 Å². The van der Waals surface area contributed by atoms with Crippen LogP contribution >= 0.6 is 0 Å². The van der Waals surface area contributed by atoms with Gasteiger partial charge in [-0.1, -0.05) is 194 Å². The first-order valence-corrected chi connectivity index (χ1v) is 21.0. The number of hydrogen-bond donors (Lipinski definition) is 0. The highest BCUT2D eigenvalue weighted by molar-refractivity contribution is 7.19. The van der Waals surface area contributed by atoms with Crippen LogP contribution in [0.15, 0.2) is 218 Å². The second-order valence-corrected chi connectivity index (χ2v) is 17.8. The Kier molecular flexibility index (Phi) is 8.47. The van der Waals surface area contributed by atoms with Gasteiger partial charge in [-0.15, -0.1) is 0 Å². The van der Waals surface area contributed by atoms with Gasteiger partial charge in [0.1, 0.15) is 0 Å². The van der Waals surface area contributed by atoms with Crippen LogP contribution in [0.25, 0.3) is 61.7 Å². The summed E-state index contributed by atoms with van der Waals surface area (Å²) in [5.41, 5.74) is 6.17. The number of rotatable bonds is 8. The minimum atomic E-state index is -2.78. The Labute approximate surface area is 327 Å². The minimum Gasteiger partial charge on any atom is -0.309 e. The Morgan fingerprint density at radius 3 is 1.20 bits per heavy atom. The summed E-state index contributed by atoms with van der Waals surface area (Å²) < 4.78 is 2.33. The average molecular weight is 733 g/mol. The Balaban J connectivity index is 1.18. The van der Waals surface area contributed by atoms with Crippen LogP contribution in [0.4, 0.5) is 0 Å². The second kappa shape index (κ2) is 14.2. The highest BCUT2D eigenvalue weighted by atomic mass is 28.3. The fourth-order valence-electron chi connectivity index (χ4n) is 8.29. The SMILES string of the molecule is c1ccc(-c2nc(-c3cccc(-n4c5ccccc5c5ccccc54)c3)nc(-c3cccc([Si](c4ccccc4)(c4ccccc4)c4ccccc4)c3)n2)cc1. The zero-order chi connectivity index (χ0) is 37.3. The molecule has 10 rings (SSSR count). The molecule has 0 aliphatic heterocycles. The number of benzene rings is 8. The van der Waals surface area contributed by atoms with Crippen molar-refractivity contribution in [3.8, 4) is 39.9 Å². The van der Waals surface area contributed by atoms with Crippen molar-refractivity contribution in [1.82, 2.24) is 19.5 Å². The molecule has 2 heterocycles. The molecule has 0 atom stereocenters. The zero-order valence-corrected chi connectivity index (χ0v) is 31.6. The van der Waals surface area contributed by atoms with Gasteiger partial charge in [-0.05, 0) is 45.0 Å². The predicted octanol–water partition coefficient (Wildman–Crippen LogP) is 9.35. The zero-order valence-electron chi connectivity index (χ0n) is 30.6. The Morgan fingerprint density at radius 2 is 0.679 bits per heavy atom. The smallest absolute Gasteiger partial charge is 0.179 e. The van der Waals surface area contributed by atoms with Crippen LogP contribution < -0.4 is 20.7 Å². The lowest BCUT2D eigenvalue weighted by Crippen LogP contribution is -2.74. The molecule has 0 bridgehead atoms. The van der Waals surface area contributed by atoms with Crippen molar-refractivity contribution in [2.45, 2.75) is 0 Å². The molecule has 10 aromatic rings. The quantitative estimate of drug-likeness (QED) is 0.116. The van der Waals surface area contributed by atoms with Crippen molar-refractivity contribution in [2.24, 2.45) is 0 Å². The molecule has 0 fully saturated rings. The highest BCUT2D eigenvalue weighted by Crippen LogP contribution is 2.33. The highest BCUT2D eigenvalue weighted by Gasteiger charge is 2.41. The summed E-state index contributed by atoms with van der Waals surface area (Å²) in [5.74, 6) is 1.89. The van der Waals surface area contributed by atoms with Crippen molar-refractivity contribution in [3.05, 3.63) is 218 Å². The van der Waals surface area contributed by atoms with E-state index in [-0.39, 0.29) is 0 Å². The summed E-state index contributed by atoms with van der Waals surface area (Å²) in [6.07, 6.45) is 0. The molecule has 264 valence electrons. The molecule has 5 heteroatoms. The predicted molar refractivity (Wildman–Crippen MR) is 234 cm³/mol. The molecular formula is C51H36N4Si. The van der Waals surface area contributed by atoms with Crippen LogP contribution in [-0.2, 0) is 0 Å². The lowest BCUT2D eigenvalue weighted by Gasteiger charge is -2.34. The van der Waals surface area contributed by atoms with Gasteiger partial charge in [-0.25, -0.2) is 15.0 Å². The Bertz CT molecular complexity index is 2810. The van der Waals surface area contributed by atoms with E-state index >= 15 is 0 Å². The number of hydrogen-bond acceptors (Lipinski definition) is 3. The fraction of sp³-hybridized carbons (Fsp3) is 0. The third kappa shape index (κ3) is 5.73. The maximum atomic E-state index is 5.27. The molecule has 4 nitrogen and oxygen atoms in total. The number of para-hydroxylation sites is 2. The molecule has 0 saturated carbocycles. The van der Waals surface area contributed by atoms with E-state index in [1.54, 1.807) is 0 Å². The van der Waals surface area contributed by atoms with Gasteiger partial charge in [0.05, 0.1) is 11.0 Å². The maximum Gasteiger partial charge on any atom is 0.179 e. The number of fused-ring (bicyclic) bond motifs is 3. The van der Waals surface area contributed by atoms with E-state index in [9.17, 15) is 0 Å². The van der Waals surface area contributed by atoms with Gasteiger partial charge in [0, 0.05) is 33.2 Å². The van der Waals surface area contributed by atoms with E-state index in [0.29, 0.717) is 17.5 Å². The van der Waals surface area contributed by atoms with Gasteiger partial charge in [0.2, 0.25) is 0 Å². The second-order valence-electron chi connectivity index (χ2n) is 14.0. The summed E-state index contributed by atoms with van der Waals surface area (Å²) in [6.45, 7) is 0. The topological polar surface area (TPSA) is 43.6 Å². The standard InChI is InChI=1S/C51H36N4Si/c1-5-19-37(20-6-1)49-52-50(38-21-17-23-40(35-38)55-47-33-15-13-31-45(47)46-32-14-16-34-48(46)55)54-51(53-49)39-22-18-30-44(36-39)56(41-24-7-2-8-25-41,42-26-9-3-10-27-42)43-28-11-4-12-29-43/h1-36H. The van der Waals surface area contributed by atoms with Crippen LogP contribution in [0.3, 0.4) is 0 Å². The van der Waals surface area contributed by atoms with Crippen molar-refractivity contribution in [3.63, 3.8) is 0 Å². The summed E-state index contributed by atoms with van der Waals surface area (Å²) in [4.78, 5) is 15.6. The summed E-state index contributed by atoms with van der Waals surface area (Å²) >= 11 is 0. The molecule has 0 aliphatic rings. The van der Waals surface area contributed by atoms with Gasteiger partial charge in [-0.3, -0.25) is 0 Å². The molecule has 0 spiro atoms. The number of aromatic nitrogens is 4. The molecule has 2 aromatic heterocycles. The third-order valence-corrected chi connectivity index (χ3v) is 15.6. The molecule has 0 N–H and O–H groups in total. The lowest BCUT2D eigenvalue weighted by molar-refractivity contribution is 1.07. The average Bonchev–Trinajstić information content (AvgIpc) is 3.63. The van der Waals surface area contributed by atoms with Crippen molar-refractivity contribution in [2.75, 3.05) is 0 Å². The van der Waals surface area contributed by atoms with E-state index in [1.165, 1.54) is 31.5 Å². The van der Waals surface area contributed by atoms with Crippen LogP contribution in [0.5, 0.6) is 0 Å². The molecule has 8 aromatic carbocycles. The van der Waals surface area contributed by atoms with E-state index in [2.05, 4.69) is 205 Å². The van der Waals surface area contributed by atoms with Gasteiger partial charge < -0.3 is 4.57 Å². The summed E-state index contributed by atoms with van der Waals surface area (Å²) in [5, 5.41) is 7.66. The molecule has 0 radical (unpaired) electrons. The van der Waals surface area contributed by atoms with Gasteiger partial charge in [-0.2, -0.15) is 0 Å². The van der Waals surface area contributed by atoms with Crippen molar-refractivity contribution < 1.29 is 0 Å². The Hall–Kier alpha value is -7.21. The molecule has 0 saturated heterocycles. The van der Waals surface area contributed by atoms with E-state index in [0.717, 1.165) is 33.4 Å². The van der Waals surface area contributed by atoms with Gasteiger partial charge in [0.15, 0.2) is 25.5 Å². The summed E-state index contributed by atoms with van der Waals surface area (Å²) in [7, 11) is -2.78. The Morgan fingerprint density at radius 1 is 0.304 bits per heavy atom. The first-order valence-electron chi connectivity index (χ1n) is 19.0. The van der Waals surface area contributed by atoms with Crippen LogP contribution in [0.2, 0.25) is 0 Å². The largest absolute Gasteiger partial charge is 0.309 e. The normalized spacial score (nSPS) is 11.6. The van der Waals surface area contributed by atoms with Crippen LogP contribution in [0, 0.1) is 0 Å². The third-order valence-electron chi connectivity index (χ3n) is 10.8. The van der Waals surface area contributed by atoms with Crippen LogP contribution in [0.1, 0.15) is 0 Å². The van der Waals surface area contributed by atoms with Crippen molar-refractivity contribution in [1.29, 1.82) is 0 Å². The monoisotopic (exact) mass is 732 g/mol. The summed E-state index contributed by atoms with van der Waals surface area (Å²) in [6, 6.07) is 77.8. The van der Waals surface area contributed by atoms with E-state index < -0.39 is 8.07 Å².